The molecule has 4 saturated carbocycles. The van der Waals surface area contributed by atoms with Gasteiger partial charge in [-0.25, -0.2) is 0 Å². The van der Waals surface area contributed by atoms with Crippen molar-refractivity contribution in [2.75, 3.05) is 46.8 Å². The molecule has 0 bridgehead atoms. The van der Waals surface area contributed by atoms with Crippen LogP contribution in [0.1, 0.15) is 91.9 Å². The van der Waals surface area contributed by atoms with Gasteiger partial charge in [-0.2, -0.15) is 0 Å². The fraction of sp³-hybridized carbons (Fsp3) is 1.00. The molecule has 29 heteroatoms. The number of methoxy groups -OCH3 is 1. The van der Waals surface area contributed by atoms with E-state index in [2.05, 4.69) is 20.8 Å². The minimum absolute atomic E-state index is 0.000961. The molecule has 6 aliphatic heterocycles. The Kier molecular flexibility index (Phi) is 21.8. The Hall–Kier alpha value is -1.16. The van der Waals surface area contributed by atoms with E-state index in [-0.39, 0.29) is 53.3 Å². The second kappa shape index (κ2) is 27.7. The normalized spacial score (nSPS) is 54.8. The van der Waals surface area contributed by atoms with E-state index in [1.165, 1.54) is 0 Å². The highest BCUT2D eigenvalue weighted by Gasteiger charge is 2.69. The summed E-state index contributed by atoms with van der Waals surface area (Å²) in [6.45, 7) is 5.68. The standard InChI is InChI=1S/C58H98O29/c1-22(20-77-51-46(73)42(69)39(66)34(84-51)21-78-52-45(72)40(67)36(63)30(16-59)80-52)8-13-58(76-5)23(2)35-29(87-58)15-28-26-7-6-24-14-25(9-11-56(24,3)27(26)10-12-57(28,35)4)79-53-48(75)44(71)49(33(19-62)83-53)85-55-50(43(70)38(65)32(18-61)82-55)86-54-47(74)41(68)37(64)31(17-60)81-54/h22-55,59-75H,6-21H2,1-5H3. The minimum Gasteiger partial charge on any atom is -0.394 e. The molecule has 0 aromatic carbocycles. The highest BCUT2D eigenvalue weighted by atomic mass is 16.8. The number of hydrogen-bond acceptors (Lipinski definition) is 29. The maximum atomic E-state index is 11.6. The number of fused-ring (bicyclic) bond motifs is 7. The van der Waals surface area contributed by atoms with Crippen LogP contribution >= 0.6 is 0 Å². The van der Waals surface area contributed by atoms with Gasteiger partial charge in [-0.15, -0.1) is 0 Å². The van der Waals surface area contributed by atoms with Crippen molar-refractivity contribution in [3.05, 3.63) is 0 Å². The van der Waals surface area contributed by atoms with Gasteiger partial charge in [0.15, 0.2) is 37.2 Å². The summed E-state index contributed by atoms with van der Waals surface area (Å²) in [6.07, 6.45) is -32.6. The largest absolute Gasteiger partial charge is 0.394 e. The molecule has 10 aliphatic rings. The molecule has 0 aromatic heterocycles. The molecule has 6 saturated heterocycles. The van der Waals surface area contributed by atoms with Crippen molar-refractivity contribution in [3.63, 3.8) is 0 Å². The molecule has 0 radical (unpaired) electrons. The van der Waals surface area contributed by atoms with Crippen LogP contribution in [-0.2, 0) is 56.8 Å². The number of aliphatic hydroxyl groups excluding tert-OH is 17. The van der Waals surface area contributed by atoms with Gasteiger partial charge in [0.25, 0.3) is 0 Å². The highest BCUT2D eigenvalue weighted by Crippen LogP contribution is 2.71. The summed E-state index contributed by atoms with van der Waals surface area (Å²) < 4.78 is 71.9. The Bertz CT molecular complexity index is 2210. The molecule has 0 spiro atoms. The van der Waals surface area contributed by atoms with Crippen molar-refractivity contribution in [2.24, 2.45) is 52.3 Å². The van der Waals surface area contributed by atoms with E-state index in [9.17, 15) is 86.8 Å². The van der Waals surface area contributed by atoms with Crippen LogP contribution in [0.25, 0.3) is 0 Å². The maximum absolute atomic E-state index is 11.6. The molecule has 0 aromatic rings. The summed E-state index contributed by atoms with van der Waals surface area (Å²) in [7, 11) is 1.69. The maximum Gasteiger partial charge on any atom is 0.187 e. The molecule has 10 rings (SSSR count). The van der Waals surface area contributed by atoms with Gasteiger partial charge < -0.3 is 144 Å². The van der Waals surface area contributed by atoms with Gasteiger partial charge >= 0.3 is 0 Å². The second-order valence-corrected chi connectivity index (χ2v) is 27.3. The third-order valence-electron chi connectivity index (χ3n) is 22.5. The van der Waals surface area contributed by atoms with Crippen molar-refractivity contribution < 1.29 is 144 Å². The van der Waals surface area contributed by atoms with Crippen molar-refractivity contribution >= 4 is 0 Å². The molecule has 37 atom stereocenters. The van der Waals surface area contributed by atoms with Crippen molar-refractivity contribution in [2.45, 2.75) is 263 Å². The van der Waals surface area contributed by atoms with Gasteiger partial charge in [-0.1, -0.05) is 27.7 Å². The van der Waals surface area contributed by atoms with Crippen molar-refractivity contribution in [3.8, 4) is 0 Å². The first-order valence-corrected chi connectivity index (χ1v) is 31.3. The highest BCUT2D eigenvalue weighted by molar-refractivity contribution is 5.15. The Morgan fingerprint density at radius 3 is 1.60 bits per heavy atom. The van der Waals surface area contributed by atoms with Gasteiger partial charge in [0.05, 0.1) is 51.8 Å². The first kappa shape index (κ1) is 68.7. The fourth-order valence-corrected chi connectivity index (χ4v) is 17.3. The number of hydrogen-bond donors (Lipinski definition) is 17. The van der Waals surface area contributed by atoms with Crippen LogP contribution in [0.2, 0.25) is 0 Å². The van der Waals surface area contributed by atoms with Crippen LogP contribution in [0.5, 0.6) is 0 Å². The Balaban J connectivity index is 0.711. The number of rotatable bonds is 20. The summed E-state index contributed by atoms with van der Waals surface area (Å²) in [5.74, 6) is 0.980. The molecular weight excluding hydrogens is 1160 g/mol. The molecule has 504 valence electrons. The van der Waals surface area contributed by atoms with E-state index in [1.807, 2.05) is 6.92 Å². The molecule has 37 unspecified atom stereocenters. The lowest BCUT2D eigenvalue weighted by Crippen LogP contribution is -2.67. The van der Waals surface area contributed by atoms with Gasteiger partial charge in [-0.05, 0) is 104 Å². The molecule has 4 aliphatic carbocycles. The van der Waals surface area contributed by atoms with E-state index < -0.39 is 192 Å². The van der Waals surface area contributed by atoms with Crippen molar-refractivity contribution in [1.82, 2.24) is 0 Å². The smallest absolute Gasteiger partial charge is 0.187 e. The summed E-state index contributed by atoms with van der Waals surface area (Å²) >= 11 is 0. The Labute approximate surface area is 504 Å². The lowest BCUT2D eigenvalue weighted by molar-refractivity contribution is -0.390. The molecule has 6 heterocycles. The SMILES string of the molecule is COC1(CCC(C)COC2OC(COC3OC(CO)C(O)C(O)C3O)C(O)C(O)C2O)OC2CC3C4CCC5CC(OC6OC(CO)C(OC7OC(CO)C(O)C(O)C7OC7OC(CO)C(O)C(O)C7O)C(O)C6O)CCC5(C)C4CCC3(C)C2C1C. The van der Waals surface area contributed by atoms with E-state index in [4.69, 9.17) is 56.8 Å². The summed E-state index contributed by atoms with van der Waals surface area (Å²) in [5.41, 5.74) is -0.00518. The zero-order valence-corrected chi connectivity index (χ0v) is 49.9. The third-order valence-corrected chi connectivity index (χ3v) is 22.5. The van der Waals surface area contributed by atoms with Crippen LogP contribution in [0.4, 0.5) is 0 Å². The van der Waals surface area contributed by atoms with Crippen LogP contribution in [-0.4, -0.2) is 305 Å². The quantitative estimate of drug-likeness (QED) is 0.0506. The molecule has 0 amide bonds. The van der Waals surface area contributed by atoms with E-state index in [0.29, 0.717) is 43.4 Å². The van der Waals surface area contributed by atoms with E-state index in [1.54, 1.807) is 7.11 Å². The topological polar surface area (TPSA) is 455 Å². The fourth-order valence-electron chi connectivity index (χ4n) is 17.3. The number of ether oxygens (including phenoxy) is 12. The Morgan fingerprint density at radius 2 is 0.977 bits per heavy atom. The molecule has 10 fully saturated rings. The first-order chi connectivity index (χ1) is 41.3. The summed E-state index contributed by atoms with van der Waals surface area (Å²) in [5, 5.41) is 179. The van der Waals surface area contributed by atoms with Gasteiger partial charge in [0, 0.05) is 19.4 Å². The van der Waals surface area contributed by atoms with Gasteiger partial charge in [-0.3, -0.25) is 0 Å². The minimum atomic E-state index is -1.93. The van der Waals surface area contributed by atoms with E-state index in [0.717, 1.165) is 38.5 Å². The van der Waals surface area contributed by atoms with Crippen LogP contribution in [0.15, 0.2) is 0 Å². The summed E-state index contributed by atoms with van der Waals surface area (Å²) in [4.78, 5) is 0. The van der Waals surface area contributed by atoms with Crippen LogP contribution in [0.3, 0.4) is 0 Å². The predicted octanol–water partition coefficient (Wildman–Crippen LogP) is -5.48. The average molecular weight is 1260 g/mol. The van der Waals surface area contributed by atoms with Crippen molar-refractivity contribution in [1.29, 1.82) is 0 Å². The third kappa shape index (κ3) is 12.7. The Morgan fingerprint density at radius 1 is 0.483 bits per heavy atom. The van der Waals surface area contributed by atoms with E-state index >= 15 is 0 Å². The van der Waals surface area contributed by atoms with Crippen LogP contribution in [0, 0.1) is 52.3 Å². The second-order valence-electron chi connectivity index (χ2n) is 27.3. The average Bonchev–Trinajstić information content (AvgIpc) is 1.76. The zero-order valence-electron chi connectivity index (χ0n) is 49.9. The number of aliphatic hydroxyl groups is 17. The van der Waals surface area contributed by atoms with Gasteiger partial charge in [0.2, 0.25) is 0 Å². The monoisotopic (exact) mass is 1260 g/mol. The zero-order chi connectivity index (χ0) is 62.9. The lowest BCUT2D eigenvalue weighted by atomic mass is 9.44. The van der Waals surface area contributed by atoms with Gasteiger partial charge in [0.1, 0.15) is 122 Å². The lowest BCUT2D eigenvalue weighted by Gasteiger charge is -2.61. The van der Waals surface area contributed by atoms with Crippen LogP contribution < -0.4 is 0 Å². The predicted molar refractivity (Wildman–Crippen MR) is 289 cm³/mol. The molecular formula is C58H98O29. The molecule has 17 N–H and O–H groups in total. The first-order valence-electron chi connectivity index (χ1n) is 31.3. The molecule has 87 heavy (non-hydrogen) atoms. The molecule has 29 nitrogen and oxygen atoms in total. The summed E-state index contributed by atoms with van der Waals surface area (Å²) in [6, 6.07) is 0.